The third kappa shape index (κ3) is 7.62. The van der Waals surface area contributed by atoms with Crippen LogP contribution < -0.4 is 21.3 Å². The zero-order chi connectivity index (χ0) is 31.4. The Bertz CT molecular complexity index is 1440. The van der Waals surface area contributed by atoms with E-state index in [0.29, 0.717) is 34.4 Å². The Morgan fingerprint density at radius 3 is 2.61 bits per heavy atom. The number of anilines is 2. The Kier molecular flexibility index (Phi) is 9.97. The number of piperidine rings is 2. The highest BCUT2D eigenvalue weighted by Gasteiger charge is 2.35. The highest BCUT2D eigenvalue weighted by Crippen LogP contribution is 2.34. The molecule has 3 aromatic rings. The molecule has 1 aromatic carbocycles. The number of carbonyl (C=O) groups is 2. The Morgan fingerprint density at radius 1 is 1.18 bits per heavy atom. The quantitative estimate of drug-likeness (QED) is 0.326. The van der Waals surface area contributed by atoms with Crippen molar-refractivity contribution in [3.8, 4) is 0 Å². The number of nitrogens with two attached hydrogens (primary N) is 1. The topological polar surface area (TPSA) is 130 Å². The van der Waals surface area contributed by atoms with Gasteiger partial charge >= 0.3 is 6.09 Å². The van der Waals surface area contributed by atoms with Gasteiger partial charge in [-0.3, -0.25) is 4.79 Å². The van der Waals surface area contributed by atoms with Crippen molar-refractivity contribution in [3.63, 3.8) is 0 Å². The summed E-state index contributed by atoms with van der Waals surface area (Å²) in [6.45, 7) is 11.7. The first kappa shape index (κ1) is 32.0. The van der Waals surface area contributed by atoms with Gasteiger partial charge in [0.15, 0.2) is 5.65 Å². The van der Waals surface area contributed by atoms with Crippen LogP contribution in [0.5, 0.6) is 0 Å². The maximum absolute atomic E-state index is 13.5. The monoisotopic (exact) mass is 624 g/mol. The molecule has 2 atom stereocenters. The van der Waals surface area contributed by atoms with E-state index in [-0.39, 0.29) is 30.0 Å². The molecule has 0 aliphatic carbocycles. The van der Waals surface area contributed by atoms with Crippen LogP contribution in [0, 0.1) is 11.8 Å². The van der Waals surface area contributed by atoms with Gasteiger partial charge in [0.1, 0.15) is 11.2 Å². The maximum Gasteiger partial charge on any atom is 0.410 e. The van der Waals surface area contributed by atoms with Crippen LogP contribution in [0.4, 0.5) is 16.2 Å². The minimum atomic E-state index is -0.591. The van der Waals surface area contributed by atoms with Crippen molar-refractivity contribution in [2.45, 2.75) is 71.1 Å². The lowest BCUT2D eigenvalue weighted by molar-refractivity contribution is 0.00668. The summed E-state index contributed by atoms with van der Waals surface area (Å²) in [6, 6.07) is 7.18. The predicted octanol–water partition coefficient (Wildman–Crippen LogP) is 4.80. The summed E-state index contributed by atoms with van der Waals surface area (Å²) in [4.78, 5) is 35.2. The van der Waals surface area contributed by atoms with Crippen molar-refractivity contribution in [2.24, 2.45) is 17.6 Å². The molecule has 2 fully saturated rings. The van der Waals surface area contributed by atoms with Crippen molar-refractivity contribution < 1.29 is 14.3 Å². The van der Waals surface area contributed by atoms with Gasteiger partial charge in [0.25, 0.3) is 5.91 Å². The van der Waals surface area contributed by atoms with Crippen LogP contribution in [0.1, 0.15) is 63.7 Å². The molecule has 11 nitrogen and oxygen atoms in total. The minimum Gasteiger partial charge on any atom is -0.444 e. The number of aromatic nitrogens is 3. The van der Waals surface area contributed by atoms with Crippen LogP contribution in [-0.2, 0) is 4.74 Å². The van der Waals surface area contributed by atoms with Gasteiger partial charge in [-0.25, -0.2) is 14.3 Å². The zero-order valence-corrected chi connectivity index (χ0v) is 26.9. The molecule has 2 aliphatic rings. The van der Waals surface area contributed by atoms with Crippen LogP contribution >= 0.6 is 11.6 Å². The number of ether oxygens (including phenoxy) is 1. The lowest BCUT2D eigenvalue weighted by Crippen LogP contribution is -2.54. The molecule has 0 spiro atoms. The average molecular weight is 625 g/mol. The summed E-state index contributed by atoms with van der Waals surface area (Å²) in [5, 5.41) is 11.2. The van der Waals surface area contributed by atoms with Crippen LogP contribution in [0.25, 0.3) is 5.65 Å². The van der Waals surface area contributed by atoms with E-state index in [2.05, 4.69) is 32.5 Å². The second kappa shape index (κ2) is 13.7. The minimum absolute atomic E-state index is 0.0349. The molecule has 2 amide bonds. The van der Waals surface area contributed by atoms with Crippen molar-refractivity contribution in [2.75, 3.05) is 42.9 Å². The third-order valence-electron chi connectivity index (χ3n) is 8.81. The third-order valence-corrected chi connectivity index (χ3v) is 9.04. The Labute approximate surface area is 264 Å². The zero-order valence-electron chi connectivity index (χ0n) is 26.1. The number of amides is 2. The number of nitrogens with zero attached hydrogens (tertiary/aromatic N) is 5. The SMILES string of the molecule is CC(C1CCN(c2ccc(Cl)cc2NC(=O)c2cnn3cccnc23)CC1)N(CC(N)C1CCNCC1)C(=O)OC(C)(C)C. The van der Waals surface area contributed by atoms with E-state index in [4.69, 9.17) is 22.1 Å². The lowest BCUT2D eigenvalue weighted by atomic mass is 9.87. The van der Waals surface area contributed by atoms with Gasteiger partial charge in [0, 0.05) is 49.1 Å². The van der Waals surface area contributed by atoms with Gasteiger partial charge in [-0.05, 0) is 103 Å². The van der Waals surface area contributed by atoms with E-state index in [1.54, 1.807) is 29.0 Å². The number of rotatable bonds is 8. The molecular weight excluding hydrogens is 580 g/mol. The van der Waals surface area contributed by atoms with Gasteiger partial charge in [-0.2, -0.15) is 5.10 Å². The second-order valence-electron chi connectivity index (χ2n) is 13.0. The van der Waals surface area contributed by atoms with Crippen molar-refractivity contribution >= 4 is 40.6 Å². The Hall–Kier alpha value is -3.41. The molecule has 2 aromatic heterocycles. The van der Waals surface area contributed by atoms with Crippen LogP contribution in [0.3, 0.4) is 0 Å². The molecule has 0 bridgehead atoms. The van der Waals surface area contributed by atoms with Gasteiger partial charge in [-0.15, -0.1) is 0 Å². The van der Waals surface area contributed by atoms with E-state index >= 15 is 0 Å². The van der Waals surface area contributed by atoms with Crippen molar-refractivity contribution in [3.05, 3.63) is 53.4 Å². The van der Waals surface area contributed by atoms with Crippen LogP contribution in [-0.4, -0.2) is 81.9 Å². The normalized spacial score (nSPS) is 18.2. The van der Waals surface area contributed by atoms with E-state index in [9.17, 15) is 9.59 Å². The largest absolute Gasteiger partial charge is 0.444 e. The van der Waals surface area contributed by atoms with Gasteiger partial charge in [0.05, 0.1) is 17.6 Å². The number of carbonyl (C=O) groups excluding carboxylic acids is 2. The van der Waals surface area contributed by atoms with Gasteiger partial charge in [-0.1, -0.05) is 11.6 Å². The highest BCUT2D eigenvalue weighted by molar-refractivity contribution is 6.31. The van der Waals surface area contributed by atoms with Gasteiger partial charge in [0.2, 0.25) is 0 Å². The second-order valence-corrected chi connectivity index (χ2v) is 13.4. The number of hydrogen-bond acceptors (Lipinski definition) is 8. The highest BCUT2D eigenvalue weighted by atomic mass is 35.5. The Morgan fingerprint density at radius 2 is 1.91 bits per heavy atom. The number of fused-ring (bicyclic) bond motifs is 1. The Balaban J connectivity index is 1.27. The molecule has 4 heterocycles. The van der Waals surface area contributed by atoms with E-state index in [1.165, 1.54) is 6.20 Å². The predicted molar refractivity (Wildman–Crippen MR) is 173 cm³/mol. The molecule has 5 rings (SSSR count). The standard InChI is InChI=1S/C32H45ClN8O3/c1-21(40(31(43)44-32(2,3)4)20-26(34)23-8-13-35-14-9-23)22-10-16-39(17-11-22)28-7-6-24(33)18-27(28)38-30(42)25-19-37-41-15-5-12-36-29(25)41/h5-7,12,15,18-19,21-23,26,35H,8-11,13-14,16-17,20,34H2,1-4H3,(H,38,42). The fourth-order valence-corrected chi connectivity index (χ4v) is 6.49. The molecule has 0 saturated carbocycles. The molecule has 2 saturated heterocycles. The molecule has 0 radical (unpaired) electrons. The van der Waals surface area contributed by atoms with Crippen LogP contribution in [0.15, 0.2) is 42.9 Å². The van der Waals surface area contributed by atoms with E-state index in [1.807, 2.05) is 37.8 Å². The van der Waals surface area contributed by atoms with E-state index in [0.717, 1.165) is 57.5 Å². The summed E-state index contributed by atoms with van der Waals surface area (Å²) in [5.74, 6) is 0.350. The number of halogens is 1. The number of nitrogens with one attached hydrogen (secondary N) is 2. The van der Waals surface area contributed by atoms with E-state index < -0.39 is 5.60 Å². The smallest absolute Gasteiger partial charge is 0.410 e. The molecule has 2 aliphatic heterocycles. The first-order valence-electron chi connectivity index (χ1n) is 15.6. The lowest BCUT2D eigenvalue weighted by Gasteiger charge is -2.42. The first-order chi connectivity index (χ1) is 21.0. The first-order valence-corrected chi connectivity index (χ1v) is 16.0. The summed E-state index contributed by atoms with van der Waals surface area (Å²) in [7, 11) is 0. The molecule has 12 heteroatoms. The summed E-state index contributed by atoms with van der Waals surface area (Å²) >= 11 is 6.37. The molecular formula is C32H45ClN8O3. The number of hydrogen-bond donors (Lipinski definition) is 3. The van der Waals surface area contributed by atoms with Crippen molar-refractivity contribution in [1.29, 1.82) is 0 Å². The summed E-state index contributed by atoms with van der Waals surface area (Å²) in [6.07, 6.45) is 8.38. The molecule has 4 N–H and O–H groups in total. The summed E-state index contributed by atoms with van der Waals surface area (Å²) in [5.41, 5.74) is 8.52. The fourth-order valence-electron chi connectivity index (χ4n) is 6.31. The van der Waals surface area contributed by atoms with Crippen LogP contribution in [0.2, 0.25) is 5.02 Å². The fraction of sp³-hybridized carbons (Fsp3) is 0.562. The van der Waals surface area contributed by atoms with Crippen molar-refractivity contribution in [1.82, 2.24) is 24.8 Å². The molecule has 44 heavy (non-hydrogen) atoms. The molecule has 238 valence electrons. The number of benzene rings is 1. The van der Waals surface area contributed by atoms with Gasteiger partial charge < -0.3 is 30.9 Å². The maximum atomic E-state index is 13.5. The summed E-state index contributed by atoms with van der Waals surface area (Å²) < 4.78 is 7.43. The molecule has 2 unspecified atom stereocenters. The average Bonchev–Trinajstić information content (AvgIpc) is 3.44.